The van der Waals surface area contributed by atoms with E-state index in [0.717, 1.165) is 12.8 Å². The SMILES string of the molecule is C[C@H]1CC[C@@H](Oc2ccc(C(=O)N3CCOCC3)nc2)c2ccccc21. The third-order valence-electron chi connectivity index (χ3n) is 5.27. The highest BCUT2D eigenvalue weighted by atomic mass is 16.5. The molecule has 136 valence electrons. The summed E-state index contributed by atoms with van der Waals surface area (Å²) >= 11 is 0. The van der Waals surface area contributed by atoms with E-state index in [4.69, 9.17) is 9.47 Å². The Morgan fingerprint density at radius 1 is 1.12 bits per heavy atom. The summed E-state index contributed by atoms with van der Waals surface area (Å²) in [6, 6.07) is 12.1. The lowest BCUT2D eigenvalue weighted by molar-refractivity contribution is 0.0299. The topological polar surface area (TPSA) is 51.7 Å². The second kappa shape index (κ2) is 7.46. The number of hydrogen-bond donors (Lipinski definition) is 0. The molecule has 4 rings (SSSR count). The molecule has 0 unspecified atom stereocenters. The zero-order valence-electron chi connectivity index (χ0n) is 15.1. The number of fused-ring (bicyclic) bond motifs is 1. The molecule has 0 N–H and O–H groups in total. The van der Waals surface area contributed by atoms with Gasteiger partial charge in [-0.2, -0.15) is 0 Å². The third kappa shape index (κ3) is 3.44. The molecule has 5 nitrogen and oxygen atoms in total. The van der Waals surface area contributed by atoms with Gasteiger partial charge in [0.15, 0.2) is 0 Å². The van der Waals surface area contributed by atoms with Crippen molar-refractivity contribution in [1.29, 1.82) is 0 Å². The minimum absolute atomic E-state index is 0.0447. The molecule has 1 aromatic heterocycles. The van der Waals surface area contributed by atoms with Gasteiger partial charge in [0.2, 0.25) is 0 Å². The molecule has 0 bridgehead atoms. The number of morpholine rings is 1. The molecule has 26 heavy (non-hydrogen) atoms. The number of benzene rings is 1. The summed E-state index contributed by atoms with van der Waals surface area (Å²) in [4.78, 5) is 18.6. The molecule has 1 aliphatic carbocycles. The Hall–Kier alpha value is -2.40. The number of aromatic nitrogens is 1. The van der Waals surface area contributed by atoms with Crippen LogP contribution in [0.4, 0.5) is 0 Å². The maximum Gasteiger partial charge on any atom is 0.272 e. The molecule has 2 aromatic rings. The predicted molar refractivity (Wildman–Crippen MR) is 98.4 cm³/mol. The van der Waals surface area contributed by atoms with Crippen molar-refractivity contribution in [2.45, 2.75) is 31.8 Å². The van der Waals surface area contributed by atoms with Crippen LogP contribution in [0, 0.1) is 0 Å². The van der Waals surface area contributed by atoms with Crippen LogP contribution in [0.2, 0.25) is 0 Å². The molecule has 1 amide bonds. The average Bonchev–Trinajstić information content (AvgIpc) is 2.71. The maximum absolute atomic E-state index is 12.5. The van der Waals surface area contributed by atoms with Gasteiger partial charge in [0, 0.05) is 13.1 Å². The molecule has 0 saturated carbocycles. The monoisotopic (exact) mass is 352 g/mol. The van der Waals surface area contributed by atoms with Crippen LogP contribution in [0.5, 0.6) is 5.75 Å². The van der Waals surface area contributed by atoms with E-state index < -0.39 is 0 Å². The third-order valence-corrected chi connectivity index (χ3v) is 5.27. The van der Waals surface area contributed by atoms with Gasteiger partial charge < -0.3 is 14.4 Å². The van der Waals surface area contributed by atoms with Crippen molar-refractivity contribution in [3.05, 3.63) is 59.4 Å². The molecule has 1 aliphatic heterocycles. The molecule has 2 heterocycles. The number of pyridine rings is 1. The van der Waals surface area contributed by atoms with Crippen LogP contribution in [0.3, 0.4) is 0 Å². The molecule has 5 heteroatoms. The minimum Gasteiger partial charge on any atom is -0.484 e. The van der Waals surface area contributed by atoms with Crippen molar-refractivity contribution >= 4 is 5.91 Å². The zero-order chi connectivity index (χ0) is 17.9. The summed E-state index contributed by atoms with van der Waals surface area (Å²) in [6.07, 6.45) is 3.81. The molecule has 1 saturated heterocycles. The van der Waals surface area contributed by atoms with Crippen molar-refractivity contribution in [1.82, 2.24) is 9.88 Å². The van der Waals surface area contributed by atoms with E-state index >= 15 is 0 Å². The number of nitrogens with zero attached hydrogens (tertiary/aromatic N) is 2. The van der Waals surface area contributed by atoms with Crippen molar-refractivity contribution in [3.63, 3.8) is 0 Å². The predicted octanol–water partition coefficient (Wildman–Crippen LogP) is 3.57. The first-order chi connectivity index (χ1) is 12.7. The van der Waals surface area contributed by atoms with E-state index in [1.807, 2.05) is 6.07 Å². The number of carbonyl (C=O) groups is 1. The Bertz CT molecular complexity index is 769. The second-order valence-corrected chi connectivity index (χ2v) is 7.00. The molecular weight excluding hydrogens is 328 g/mol. The van der Waals surface area contributed by atoms with Gasteiger partial charge >= 0.3 is 0 Å². The van der Waals surface area contributed by atoms with E-state index in [0.29, 0.717) is 43.7 Å². The summed E-state index contributed by atoms with van der Waals surface area (Å²) in [5.74, 6) is 1.23. The highest BCUT2D eigenvalue weighted by Gasteiger charge is 2.26. The number of carbonyl (C=O) groups excluding carboxylic acids is 1. The Morgan fingerprint density at radius 2 is 1.88 bits per heavy atom. The van der Waals surface area contributed by atoms with E-state index in [1.54, 1.807) is 17.2 Å². The minimum atomic E-state index is -0.0447. The van der Waals surface area contributed by atoms with Crippen LogP contribution in [-0.4, -0.2) is 42.1 Å². The standard InChI is InChI=1S/C21H24N2O3/c1-15-6-9-20(18-5-3-2-4-17(15)18)26-16-7-8-19(22-14-16)21(24)23-10-12-25-13-11-23/h2-5,7-8,14-15,20H,6,9-13H2,1H3/t15-,20+/m0/s1. The van der Waals surface area contributed by atoms with Gasteiger partial charge in [0.25, 0.3) is 5.91 Å². The lowest BCUT2D eigenvalue weighted by Gasteiger charge is -2.30. The van der Waals surface area contributed by atoms with Crippen LogP contribution in [0.1, 0.15) is 53.4 Å². The molecular formula is C21H24N2O3. The van der Waals surface area contributed by atoms with E-state index in [9.17, 15) is 4.79 Å². The summed E-state index contributed by atoms with van der Waals surface area (Å²) in [5, 5.41) is 0. The van der Waals surface area contributed by atoms with Gasteiger partial charge in [-0.05, 0) is 42.0 Å². The second-order valence-electron chi connectivity index (χ2n) is 7.00. The van der Waals surface area contributed by atoms with Gasteiger partial charge in [-0.3, -0.25) is 4.79 Å². The summed E-state index contributed by atoms with van der Waals surface area (Å²) in [7, 11) is 0. The first kappa shape index (κ1) is 17.0. The lowest BCUT2D eigenvalue weighted by atomic mass is 9.82. The number of ether oxygens (including phenoxy) is 2. The Balaban J connectivity index is 1.46. The first-order valence-corrected chi connectivity index (χ1v) is 9.31. The fraction of sp³-hybridized carbons (Fsp3) is 0.429. The Labute approximate surface area is 153 Å². The van der Waals surface area contributed by atoms with E-state index in [2.05, 4.69) is 36.2 Å². The van der Waals surface area contributed by atoms with E-state index in [1.165, 1.54) is 11.1 Å². The van der Waals surface area contributed by atoms with Crippen LogP contribution < -0.4 is 4.74 Å². The zero-order valence-corrected chi connectivity index (χ0v) is 15.1. The normalized spacial score (nSPS) is 22.6. The van der Waals surface area contributed by atoms with Crippen molar-refractivity contribution in [2.24, 2.45) is 0 Å². The molecule has 0 radical (unpaired) electrons. The first-order valence-electron chi connectivity index (χ1n) is 9.31. The van der Waals surface area contributed by atoms with Gasteiger partial charge in [-0.1, -0.05) is 31.2 Å². The summed E-state index contributed by atoms with van der Waals surface area (Å²) in [6.45, 7) is 4.69. The van der Waals surface area contributed by atoms with Crippen LogP contribution in [0.15, 0.2) is 42.6 Å². The highest BCUT2D eigenvalue weighted by Crippen LogP contribution is 2.39. The molecule has 1 fully saturated rings. The van der Waals surface area contributed by atoms with Gasteiger partial charge in [-0.25, -0.2) is 4.98 Å². The summed E-state index contributed by atoms with van der Waals surface area (Å²) in [5.41, 5.74) is 3.09. The molecule has 2 atom stereocenters. The lowest BCUT2D eigenvalue weighted by Crippen LogP contribution is -2.41. The van der Waals surface area contributed by atoms with Gasteiger partial charge in [-0.15, -0.1) is 0 Å². The van der Waals surface area contributed by atoms with E-state index in [-0.39, 0.29) is 12.0 Å². The maximum atomic E-state index is 12.5. The fourth-order valence-electron chi connectivity index (χ4n) is 3.76. The van der Waals surface area contributed by atoms with Crippen molar-refractivity contribution in [3.8, 4) is 5.75 Å². The molecule has 0 spiro atoms. The Morgan fingerprint density at radius 3 is 2.62 bits per heavy atom. The summed E-state index contributed by atoms with van der Waals surface area (Å²) < 4.78 is 11.5. The quantitative estimate of drug-likeness (QED) is 0.847. The average molecular weight is 352 g/mol. The molecule has 1 aromatic carbocycles. The smallest absolute Gasteiger partial charge is 0.272 e. The Kier molecular flexibility index (Phi) is 4.89. The highest BCUT2D eigenvalue weighted by molar-refractivity contribution is 5.92. The van der Waals surface area contributed by atoms with Crippen molar-refractivity contribution < 1.29 is 14.3 Å². The van der Waals surface area contributed by atoms with Gasteiger partial charge in [0.05, 0.1) is 19.4 Å². The largest absolute Gasteiger partial charge is 0.484 e. The van der Waals surface area contributed by atoms with Gasteiger partial charge in [0.1, 0.15) is 17.5 Å². The van der Waals surface area contributed by atoms with Crippen LogP contribution in [-0.2, 0) is 4.74 Å². The fourth-order valence-corrected chi connectivity index (χ4v) is 3.76. The van der Waals surface area contributed by atoms with Crippen LogP contribution in [0.25, 0.3) is 0 Å². The number of rotatable bonds is 3. The number of amides is 1. The number of hydrogen-bond acceptors (Lipinski definition) is 4. The van der Waals surface area contributed by atoms with Crippen LogP contribution >= 0.6 is 0 Å². The van der Waals surface area contributed by atoms with Crippen molar-refractivity contribution in [2.75, 3.05) is 26.3 Å². The molecule has 2 aliphatic rings.